The van der Waals surface area contributed by atoms with Crippen LogP contribution in [0.2, 0.25) is 0 Å². The lowest BCUT2D eigenvalue weighted by Gasteiger charge is -2.10. The molecule has 17 heavy (non-hydrogen) atoms. The number of carboxylic acids is 1. The van der Waals surface area contributed by atoms with Crippen LogP contribution in [-0.2, 0) is 11.0 Å². The molecule has 1 aromatic rings. The lowest BCUT2D eigenvalue weighted by molar-refractivity contribution is -0.138. The monoisotopic (exact) mass is 268 g/mol. The Kier molecular flexibility index (Phi) is 4.22. The minimum Gasteiger partial charge on any atom is -0.491 e. The first-order valence-electron chi connectivity index (χ1n) is 4.47. The highest BCUT2D eigenvalue weighted by atomic mass is 35.5. The fourth-order valence-corrected chi connectivity index (χ4v) is 1.04. The SMILES string of the molecule is O=C(O)C(Cl)COc1ccc(C(F)(F)F)cc1. The van der Waals surface area contributed by atoms with Crippen molar-refractivity contribution < 1.29 is 27.8 Å². The summed E-state index contributed by atoms with van der Waals surface area (Å²) in [5.41, 5.74) is -0.800. The maximum atomic E-state index is 12.2. The molecule has 0 saturated heterocycles. The van der Waals surface area contributed by atoms with Crippen molar-refractivity contribution in [3.63, 3.8) is 0 Å². The number of ether oxygens (including phenoxy) is 1. The van der Waals surface area contributed by atoms with Gasteiger partial charge in [-0.2, -0.15) is 13.2 Å². The smallest absolute Gasteiger partial charge is 0.416 e. The summed E-state index contributed by atoms with van der Waals surface area (Å²) in [5, 5.41) is 7.21. The Balaban J connectivity index is 2.60. The van der Waals surface area contributed by atoms with Crippen molar-refractivity contribution in [1.82, 2.24) is 0 Å². The van der Waals surface area contributed by atoms with Crippen molar-refractivity contribution in [2.45, 2.75) is 11.6 Å². The molecule has 0 amide bonds. The summed E-state index contributed by atoms with van der Waals surface area (Å²) in [4.78, 5) is 10.3. The van der Waals surface area contributed by atoms with Crippen LogP contribution in [0.4, 0.5) is 13.2 Å². The van der Waals surface area contributed by atoms with E-state index in [1.54, 1.807) is 0 Å². The quantitative estimate of drug-likeness (QED) is 0.854. The number of carboxylic acid groups (broad SMARTS) is 1. The molecule has 7 heteroatoms. The van der Waals surface area contributed by atoms with Crippen LogP contribution >= 0.6 is 11.6 Å². The predicted molar refractivity (Wildman–Crippen MR) is 54.2 cm³/mol. The molecule has 0 aliphatic carbocycles. The third kappa shape index (κ3) is 4.14. The van der Waals surface area contributed by atoms with E-state index in [-0.39, 0.29) is 12.4 Å². The molecule has 0 bridgehead atoms. The summed E-state index contributed by atoms with van der Waals surface area (Å²) < 4.78 is 41.5. The van der Waals surface area contributed by atoms with Gasteiger partial charge in [-0.1, -0.05) is 0 Å². The van der Waals surface area contributed by atoms with Crippen molar-refractivity contribution >= 4 is 17.6 Å². The molecule has 1 rings (SSSR count). The number of hydrogen-bond acceptors (Lipinski definition) is 2. The highest BCUT2D eigenvalue weighted by Gasteiger charge is 2.30. The average Bonchev–Trinajstić information content (AvgIpc) is 2.25. The zero-order chi connectivity index (χ0) is 13.1. The number of benzene rings is 1. The maximum Gasteiger partial charge on any atom is 0.416 e. The van der Waals surface area contributed by atoms with Gasteiger partial charge in [0.25, 0.3) is 0 Å². The van der Waals surface area contributed by atoms with Crippen LogP contribution in [0.25, 0.3) is 0 Å². The number of alkyl halides is 4. The Morgan fingerprint density at radius 3 is 2.29 bits per heavy atom. The number of carbonyl (C=O) groups is 1. The molecule has 94 valence electrons. The molecule has 0 aromatic heterocycles. The van der Waals surface area contributed by atoms with Crippen molar-refractivity contribution in [2.75, 3.05) is 6.61 Å². The van der Waals surface area contributed by atoms with Gasteiger partial charge in [0, 0.05) is 0 Å². The van der Waals surface area contributed by atoms with E-state index in [4.69, 9.17) is 21.4 Å². The highest BCUT2D eigenvalue weighted by molar-refractivity contribution is 6.29. The second-order valence-corrected chi connectivity index (χ2v) is 3.67. The molecular weight excluding hydrogens is 261 g/mol. The van der Waals surface area contributed by atoms with Crippen molar-refractivity contribution in [2.24, 2.45) is 0 Å². The summed E-state index contributed by atoms with van der Waals surface area (Å²) in [5.74, 6) is -1.12. The second-order valence-electron chi connectivity index (χ2n) is 3.14. The third-order valence-electron chi connectivity index (χ3n) is 1.85. The summed E-state index contributed by atoms with van der Waals surface area (Å²) in [6, 6.07) is 3.90. The van der Waals surface area contributed by atoms with Gasteiger partial charge in [0.2, 0.25) is 0 Å². The molecular formula is C10H8ClF3O3. The molecule has 1 atom stereocenters. The number of halogens is 4. The number of hydrogen-bond donors (Lipinski definition) is 1. The Bertz CT molecular complexity index is 389. The predicted octanol–water partition coefficient (Wildman–Crippen LogP) is 2.78. The Labute approximate surface area is 99.8 Å². The molecule has 0 aliphatic heterocycles. The Hall–Kier alpha value is -1.43. The van der Waals surface area contributed by atoms with Gasteiger partial charge in [-0.25, -0.2) is 0 Å². The maximum absolute atomic E-state index is 12.2. The molecule has 0 spiro atoms. The number of aliphatic carboxylic acids is 1. The van der Waals surface area contributed by atoms with Crippen LogP contribution in [0.5, 0.6) is 5.75 Å². The molecule has 1 aromatic carbocycles. The van der Waals surface area contributed by atoms with E-state index < -0.39 is 23.1 Å². The summed E-state index contributed by atoms with van der Waals surface area (Å²) in [7, 11) is 0. The zero-order valence-corrected chi connectivity index (χ0v) is 9.13. The molecule has 3 nitrogen and oxygen atoms in total. The van der Waals surface area contributed by atoms with E-state index in [1.807, 2.05) is 0 Å². The largest absolute Gasteiger partial charge is 0.491 e. The third-order valence-corrected chi connectivity index (χ3v) is 2.16. The minimum absolute atomic E-state index is 0.130. The molecule has 0 aliphatic rings. The molecule has 0 saturated carbocycles. The van der Waals surface area contributed by atoms with Crippen LogP contribution in [0.1, 0.15) is 5.56 Å². The van der Waals surface area contributed by atoms with E-state index in [1.165, 1.54) is 0 Å². The zero-order valence-electron chi connectivity index (χ0n) is 8.37. The van der Waals surface area contributed by atoms with Crippen LogP contribution in [-0.4, -0.2) is 23.1 Å². The van der Waals surface area contributed by atoms with Gasteiger partial charge in [-0.05, 0) is 24.3 Å². The van der Waals surface area contributed by atoms with Crippen molar-refractivity contribution in [1.29, 1.82) is 0 Å². The van der Waals surface area contributed by atoms with Gasteiger partial charge >= 0.3 is 12.1 Å². The molecule has 1 unspecified atom stereocenters. The summed E-state index contributed by atoms with van der Waals surface area (Å²) >= 11 is 5.36. The van der Waals surface area contributed by atoms with Crippen LogP contribution < -0.4 is 4.74 Å². The Morgan fingerprint density at radius 2 is 1.88 bits per heavy atom. The van der Waals surface area contributed by atoms with Crippen LogP contribution in [0.3, 0.4) is 0 Å². The van der Waals surface area contributed by atoms with E-state index in [2.05, 4.69) is 0 Å². The van der Waals surface area contributed by atoms with Gasteiger partial charge in [0.05, 0.1) is 5.56 Å². The fraction of sp³-hybridized carbons (Fsp3) is 0.300. The van der Waals surface area contributed by atoms with Gasteiger partial charge < -0.3 is 9.84 Å². The van der Waals surface area contributed by atoms with Gasteiger partial charge in [0.15, 0.2) is 5.38 Å². The fourth-order valence-electron chi connectivity index (χ4n) is 0.981. The van der Waals surface area contributed by atoms with Gasteiger partial charge in [-0.3, -0.25) is 4.79 Å². The standard InChI is InChI=1S/C10H8ClF3O3/c11-8(9(15)16)5-17-7-3-1-6(2-4-7)10(12,13)14/h1-4,8H,5H2,(H,15,16). The van der Waals surface area contributed by atoms with E-state index in [0.29, 0.717) is 0 Å². The van der Waals surface area contributed by atoms with Gasteiger partial charge in [0.1, 0.15) is 12.4 Å². The lowest BCUT2D eigenvalue weighted by atomic mass is 10.2. The minimum atomic E-state index is -4.41. The highest BCUT2D eigenvalue weighted by Crippen LogP contribution is 2.30. The molecule has 0 fully saturated rings. The first-order chi connectivity index (χ1) is 7.80. The van der Waals surface area contributed by atoms with E-state index in [0.717, 1.165) is 24.3 Å². The second kappa shape index (κ2) is 5.27. The van der Waals surface area contributed by atoms with E-state index >= 15 is 0 Å². The lowest BCUT2D eigenvalue weighted by Crippen LogP contribution is -2.21. The summed E-state index contributed by atoms with van der Waals surface area (Å²) in [6.45, 7) is -0.317. The molecule has 0 radical (unpaired) electrons. The van der Waals surface area contributed by atoms with Gasteiger partial charge in [-0.15, -0.1) is 11.6 Å². The normalized spacial score (nSPS) is 13.2. The van der Waals surface area contributed by atoms with Crippen LogP contribution in [0, 0.1) is 0 Å². The molecule has 1 N–H and O–H groups in total. The first-order valence-corrected chi connectivity index (χ1v) is 4.91. The average molecular weight is 269 g/mol. The topological polar surface area (TPSA) is 46.5 Å². The molecule has 0 heterocycles. The first kappa shape index (κ1) is 13.6. The number of rotatable bonds is 4. The van der Waals surface area contributed by atoms with Crippen molar-refractivity contribution in [3.8, 4) is 5.75 Å². The van der Waals surface area contributed by atoms with Crippen LogP contribution in [0.15, 0.2) is 24.3 Å². The van der Waals surface area contributed by atoms with Crippen molar-refractivity contribution in [3.05, 3.63) is 29.8 Å². The Morgan fingerprint density at radius 1 is 1.35 bits per heavy atom. The van der Waals surface area contributed by atoms with E-state index in [9.17, 15) is 18.0 Å². The summed E-state index contributed by atoms with van der Waals surface area (Å²) in [6.07, 6.45) is -4.41.